The Balaban J connectivity index is 1.37. The molecule has 5 rings (SSSR count). The molecule has 0 aliphatic carbocycles. The van der Waals surface area contributed by atoms with Crippen molar-refractivity contribution in [2.75, 3.05) is 11.5 Å². The van der Waals surface area contributed by atoms with Gasteiger partial charge in [0, 0.05) is 10.9 Å². The predicted octanol–water partition coefficient (Wildman–Crippen LogP) is 6.68. The number of hydrogen-bond donors (Lipinski definition) is 1. The Bertz CT molecular complexity index is 1620. The van der Waals surface area contributed by atoms with Gasteiger partial charge in [-0.3, -0.25) is 14.9 Å². The molecule has 1 N–H and O–H groups in total. The highest BCUT2D eigenvalue weighted by Gasteiger charge is 2.36. The molecule has 0 radical (unpaired) electrons. The van der Waals surface area contributed by atoms with Crippen molar-refractivity contribution in [1.82, 2.24) is 5.32 Å². The number of rotatable bonds is 9. The van der Waals surface area contributed by atoms with Crippen LogP contribution in [0.5, 0.6) is 11.5 Å². The van der Waals surface area contributed by atoms with Crippen LogP contribution in [0.2, 0.25) is 0 Å². The average molecular weight is 611 g/mol. The summed E-state index contributed by atoms with van der Waals surface area (Å²) in [6.07, 6.45) is 2.11. The number of halogens is 1. The highest BCUT2D eigenvalue weighted by atomic mass is 79.9. The molecule has 206 valence electrons. The molecule has 1 heterocycles. The first-order valence-corrected chi connectivity index (χ1v) is 13.9. The summed E-state index contributed by atoms with van der Waals surface area (Å²) >= 11 is 3.59. The normalized spacial score (nSPS) is 14.2. The van der Waals surface area contributed by atoms with E-state index in [4.69, 9.17) is 9.47 Å². The van der Waals surface area contributed by atoms with Gasteiger partial charge < -0.3 is 9.47 Å². The SMILES string of the molecule is CCOc1cc(/C=C2\C(=O)NC(=O)N(c3ccc(OCc4ccccc4)cc3)C2=O)ccc1Cc1ccccc1Br. The lowest BCUT2D eigenvalue weighted by Crippen LogP contribution is -2.54. The van der Waals surface area contributed by atoms with Gasteiger partial charge in [-0.15, -0.1) is 0 Å². The lowest BCUT2D eigenvalue weighted by Gasteiger charge is -2.26. The number of hydrogen-bond acceptors (Lipinski definition) is 5. The topological polar surface area (TPSA) is 84.9 Å². The van der Waals surface area contributed by atoms with E-state index in [-0.39, 0.29) is 5.57 Å². The van der Waals surface area contributed by atoms with Crippen LogP contribution in [-0.4, -0.2) is 24.5 Å². The zero-order chi connectivity index (χ0) is 28.8. The van der Waals surface area contributed by atoms with Gasteiger partial charge >= 0.3 is 6.03 Å². The molecule has 7 nitrogen and oxygen atoms in total. The van der Waals surface area contributed by atoms with Crippen molar-refractivity contribution in [1.29, 1.82) is 0 Å². The number of benzene rings is 4. The van der Waals surface area contributed by atoms with Gasteiger partial charge in [-0.25, -0.2) is 9.69 Å². The first kappa shape index (κ1) is 27.9. The van der Waals surface area contributed by atoms with Crippen LogP contribution in [0.15, 0.2) is 107 Å². The van der Waals surface area contributed by atoms with Gasteiger partial charge in [0.2, 0.25) is 0 Å². The minimum atomic E-state index is -0.811. The molecule has 4 aromatic carbocycles. The Morgan fingerprint density at radius 1 is 0.829 bits per heavy atom. The number of urea groups is 1. The third-order valence-corrected chi connectivity index (χ3v) is 7.26. The van der Waals surface area contributed by atoms with Crippen molar-refractivity contribution in [3.8, 4) is 11.5 Å². The van der Waals surface area contributed by atoms with E-state index in [1.165, 1.54) is 6.08 Å². The van der Waals surface area contributed by atoms with E-state index in [1.807, 2.05) is 73.7 Å². The van der Waals surface area contributed by atoms with Gasteiger partial charge in [0.25, 0.3) is 11.8 Å². The molecule has 0 atom stereocenters. The molecule has 41 heavy (non-hydrogen) atoms. The molecule has 4 aromatic rings. The van der Waals surface area contributed by atoms with Crippen LogP contribution in [-0.2, 0) is 22.6 Å². The number of barbiturate groups is 1. The number of anilines is 1. The van der Waals surface area contributed by atoms with Crippen molar-refractivity contribution in [2.45, 2.75) is 20.0 Å². The molecule has 1 fully saturated rings. The quantitative estimate of drug-likeness (QED) is 0.169. The maximum absolute atomic E-state index is 13.4. The fraction of sp³-hybridized carbons (Fsp3) is 0.121. The molecule has 1 aliphatic rings. The van der Waals surface area contributed by atoms with Crippen LogP contribution in [0.25, 0.3) is 6.08 Å². The van der Waals surface area contributed by atoms with E-state index >= 15 is 0 Å². The van der Waals surface area contributed by atoms with Crippen LogP contribution in [0.4, 0.5) is 10.5 Å². The largest absolute Gasteiger partial charge is 0.494 e. The zero-order valence-corrected chi connectivity index (χ0v) is 23.9. The fourth-order valence-electron chi connectivity index (χ4n) is 4.43. The predicted molar refractivity (Wildman–Crippen MR) is 161 cm³/mol. The van der Waals surface area contributed by atoms with Gasteiger partial charge in [0.05, 0.1) is 12.3 Å². The third-order valence-electron chi connectivity index (χ3n) is 6.49. The maximum Gasteiger partial charge on any atom is 0.335 e. The van der Waals surface area contributed by atoms with E-state index in [2.05, 4.69) is 21.2 Å². The summed E-state index contributed by atoms with van der Waals surface area (Å²) in [5.74, 6) is -0.234. The van der Waals surface area contributed by atoms with Crippen molar-refractivity contribution in [2.24, 2.45) is 0 Å². The number of nitrogens with one attached hydrogen (secondary N) is 1. The van der Waals surface area contributed by atoms with Crippen LogP contribution in [0, 0.1) is 0 Å². The molecule has 1 saturated heterocycles. The summed E-state index contributed by atoms with van der Waals surface area (Å²) in [4.78, 5) is 39.8. The Morgan fingerprint density at radius 2 is 1.56 bits per heavy atom. The number of ether oxygens (including phenoxy) is 2. The average Bonchev–Trinajstić information content (AvgIpc) is 2.98. The second-order valence-electron chi connectivity index (χ2n) is 9.29. The summed E-state index contributed by atoms with van der Waals surface area (Å²) in [5.41, 5.74) is 3.84. The van der Waals surface area contributed by atoms with E-state index in [0.717, 1.165) is 26.1 Å². The molecular formula is C33H27BrN2O5. The van der Waals surface area contributed by atoms with Crippen molar-refractivity contribution in [3.63, 3.8) is 0 Å². The lowest BCUT2D eigenvalue weighted by atomic mass is 10.0. The van der Waals surface area contributed by atoms with Gasteiger partial charge in [-0.05, 0) is 71.7 Å². The van der Waals surface area contributed by atoms with E-state index < -0.39 is 17.8 Å². The Labute approximate surface area is 246 Å². The molecule has 1 aliphatic heterocycles. The molecule has 0 aromatic heterocycles. The van der Waals surface area contributed by atoms with Crippen molar-refractivity contribution >= 4 is 45.5 Å². The van der Waals surface area contributed by atoms with Crippen LogP contribution >= 0.6 is 15.9 Å². The highest BCUT2D eigenvalue weighted by Crippen LogP contribution is 2.29. The molecule has 4 amide bonds. The molecule has 0 unspecified atom stereocenters. The Kier molecular flexibility index (Phi) is 8.60. The standard InChI is InChI=1S/C33H27BrN2O5/c1-2-40-30-19-23(12-13-25(30)20-24-10-6-7-11-29(24)34)18-28-31(37)35-33(39)36(32(28)38)26-14-16-27(17-15-26)41-21-22-8-4-3-5-9-22/h3-19H,2,20-21H2,1H3,(H,35,37,39)/b28-18+. The highest BCUT2D eigenvalue weighted by molar-refractivity contribution is 9.10. The van der Waals surface area contributed by atoms with Crippen LogP contribution in [0.1, 0.15) is 29.2 Å². The maximum atomic E-state index is 13.4. The van der Waals surface area contributed by atoms with E-state index in [0.29, 0.717) is 42.4 Å². The first-order chi connectivity index (χ1) is 19.9. The van der Waals surface area contributed by atoms with Gasteiger partial charge in [0.15, 0.2) is 0 Å². The van der Waals surface area contributed by atoms with Crippen molar-refractivity contribution < 1.29 is 23.9 Å². The minimum Gasteiger partial charge on any atom is -0.494 e. The minimum absolute atomic E-state index is 0.157. The number of carbonyl (C=O) groups is 3. The molecule has 0 bridgehead atoms. The third kappa shape index (κ3) is 6.56. The number of carbonyl (C=O) groups excluding carboxylic acids is 3. The summed E-state index contributed by atoms with van der Waals surface area (Å²) in [7, 11) is 0. The molecule has 8 heteroatoms. The molecular weight excluding hydrogens is 584 g/mol. The summed E-state index contributed by atoms with van der Waals surface area (Å²) in [6.45, 7) is 2.73. The number of nitrogens with zero attached hydrogens (tertiary/aromatic N) is 1. The summed E-state index contributed by atoms with van der Waals surface area (Å²) in [5, 5.41) is 2.27. The number of amides is 4. The van der Waals surface area contributed by atoms with Gasteiger partial charge in [0.1, 0.15) is 23.7 Å². The smallest absolute Gasteiger partial charge is 0.335 e. The Hall–Kier alpha value is -4.69. The summed E-state index contributed by atoms with van der Waals surface area (Å²) < 4.78 is 12.7. The lowest BCUT2D eigenvalue weighted by molar-refractivity contribution is -0.122. The van der Waals surface area contributed by atoms with E-state index in [9.17, 15) is 14.4 Å². The molecule has 0 spiro atoms. The number of imide groups is 2. The Morgan fingerprint density at radius 3 is 2.29 bits per heavy atom. The van der Waals surface area contributed by atoms with Gasteiger partial charge in [-0.2, -0.15) is 0 Å². The summed E-state index contributed by atoms with van der Waals surface area (Å²) in [6, 6.07) is 29.0. The van der Waals surface area contributed by atoms with Crippen LogP contribution < -0.4 is 19.7 Å². The van der Waals surface area contributed by atoms with E-state index in [1.54, 1.807) is 30.3 Å². The second kappa shape index (κ2) is 12.7. The fourth-order valence-corrected chi connectivity index (χ4v) is 4.86. The second-order valence-corrected chi connectivity index (χ2v) is 10.1. The van der Waals surface area contributed by atoms with Crippen LogP contribution in [0.3, 0.4) is 0 Å². The zero-order valence-electron chi connectivity index (χ0n) is 22.3. The van der Waals surface area contributed by atoms with Crippen molar-refractivity contribution in [3.05, 3.63) is 129 Å². The van der Waals surface area contributed by atoms with Gasteiger partial charge in [-0.1, -0.05) is 76.6 Å². The molecule has 0 saturated carbocycles. The monoisotopic (exact) mass is 610 g/mol. The first-order valence-electron chi connectivity index (χ1n) is 13.1.